The first-order valence-electron chi connectivity index (χ1n) is 12.2. The minimum atomic E-state index is -2.24. The lowest BCUT2D eigenvalue weighted by Crippen LogP contribution is -2.52. The number of ether oxygens (including phenoxy) is 3. The summed E-state index contributed by atoms with van der Waals surface area (Å²) >= 11 is 0. The van der Waals surface area contributed by atoms with Crippen molar-refractivity contribution in [2.45, 2.75) is 23.2 Å². The molecule has 200 valence electrons. The van der Waals surface area contributed by atoms with Crippen LogP contribution >= 0.6 is 0 Å². The zero-order valence-electron chi connectivity index (χ0n) is 21.3. The normalized spacial score (nSPS) is 28.3. The van der Waals surface area contributed by atoms with Crippen molar-refractivity contribution in [3.8, 4) is 11.5 Å². The van der Waals surface area contributed by atoms with Crippen molar-refractivity contribution in [1.29, 1.82) is 0 Å². The van der Waals surface area contributed by atoms with E-state index < -0.39 is 47.0 Å². The Morgan fingerprint density at radius 3 is 2.31 bits per heavy atom. The number of fused-ring (bicyclic) bond motifs is 5. The Labute approximate surface area is 223 Å². The van der Waals surface area contributed by atoms with Crippen molar-refractivity contribution in [3.63, 3.8) is 0 Å². The zero-order chi connectivity index (χ0) is 27.7. The lowest BCUT2D eigenvalue weighted by molar-refractivity contribution is -0.181. The first-order valence-corrected chi connectivity index (χ1v) is 12.2. The molecule has 1 amide bonds. The highest BCUT2D eigenvalue weighted by molar-refractivity contribution is 6.16. The van der Waals surface area contributed by atoms with Gasteiger partial charge in [0.2, 0.25) is 0 Å². The monoisotopic (exact) mass is 531 g/mol. The molecule has 1 fully saturated rings. The predicted octanol–water partition coefficient (Wildman–Crippen LogP) is 2.28. The molecule has 6 rings (SSSR count). The molecule has 0 bridgehead atoms. The van der Waals surface area contributed by atoms with Gasteiger partial charge in [-0.3, -0.25) is 9.63 Å². The molecule has 0 aromatic heterocycles. The molecular weight excluding hydrogens is 506 g/mol. The number of nitrogens with zero attached hydrogens (tertiary/aromatic N) is 1. The number of methoxy groups -OCH3 is 1. The van der Waals surface area contributed by atoms with E-state index in [9.17, 15) is 24.6 Å². The Kier molecular flexibility index (Phi) is 5.55. The Balaban J connectivity index is 1.70. The molecule has 10 heteroatoms. The molecule has 10 nitrogen and oxygen atoms in total. The highest BCUT2D eigenvalue weighted by atomic mass is 16.7. The van der Waals surface area contributed by atoms with Crippen molar-refractivity contribution < 1.29 is 43.6 Å². The van der Waals surface area contributed by atoms with E-state index in [2.05, 4.69) is 0 Å². The van der Waals surface area contributed by atoms with Gasteiger partial charge in [-0.1, -0.05) is 48.5 Å². The van der Waals surface area contributed by atoms with Crippen LogP contribution in [0.4, 0.5) is 0 Å². The first kappa shape index (κ1) is 25.1. The Morgan fingerprint density at radius 2 is 1.67 bits per heavy atom. The van der Waals surface area contributed by atoms with Gasteiger partial charge < -0.3 is 24.4 Å². The quantitative estimate of drug-likeness (QED) is 0.289. The van der Waals surface area contributed by atoms with E-state index in [-0.39, 0.29) is 22.4 Å². The number of carbonyl (C=O) groups excluding carboxylic acids is 3. The van der Waals surface area contributed by atoms with Crippen LogP contribution in [0.15, 0.2) is 66.7 Å². The maximum Gasteiger partial charge on any atom is 0.350 e. The molecule has 0 spiro atoms. The first-order chi connectivity index (χ1) is 18.7. The van der Waals surface area contributed by atoms with Gasteiger partial charge in [0, 0.05) is 18.5 Å². The van der Waals surface area contributed by atoms with Gasteiger partial charge in [0.05, 0.1) is 25.7 Å². The highest BCUT2D eigenvalue weighted by Crippen LogP contribution is 2.69. The molecule has 0 saturated heterocycles. The number of aliphatic hydroxyl groups is 2. The molecular formula is C29H25NO9. The van der Waals surface area contributed by atoms with E-state index in [1.54, 1.807) is 54.6 Å². The van der Waals surface area contributed by atoms with Crippen molar-refractivity contribution in [3.05, 3.63) is 94.5 Å². The highest BCUT2D eigenvalue weighted by Gasteiger charge is 2.78. The third-order valence-corrected chi connectivity index (χ3v) is 8.12. The second-order valence-corrected chi connectivity index (χ2v) is 9.75. The number of benzene rings is 3. The number of rotatable bonds is 5. The van der Waals surface area contributed by atoms with Crippen molar-refractivity contribution in [1.82, 2.24) is 5.06 Å². The standard InChI is InChI=1S/C29H25NO9/c1-30(37-3)25(32)21-22(15-7-5-4-6-8-15)29(16-9-11-17(36-2)12-10-16)28(35,24(21)31)19-14-13-18-20(23(19)39-29)27(34)38-26(18)33/h4-14,21-22,24,31,35H,1-3H3/t21-,22-,24-,28+,29+/m1/s1. The number of cyclic esters (lactones) is 2. The van der Waals surface area contributed by atoms with E-state index >= 15 is 0 Å². The lowest BCUT2D eigenvalue weighted by Gasteiger charge is -2.40. The summed E-state index contributed by atoms with van der Waals surface area (Å²) in [6, 6.07) is 18.4. The van der Waals surface area contributed by atoms with Crippen LogP contribution < -0.4 is 9.47 Å². The molecule has 0 radical (unpaired) electrons. The van der Waals surface area contributed by atoms with E-state index in [4.69, 9.17) is 19.0 Å². The van der Waals surface area contributed by atoms with Gasteiger partial charge in [0.15, 0.2) is 11.2 Å². The third-order valence-electron chi connectivity index (χ3n) is 8.12. The van der Waals surface area contributed by atoms with E-state index in [1.807, 2.05) is 0 Å². The number of hydroxylamine groups is 2. The molecule has 0 unspecified atom stereocenters. The van der Waals surface area contributed by atoms with Gasteiger partial charge in [-0.05, 0) is 29.3 Å². The van der Waals surface area contributed by atoms with Crippen LogP contribution in [-0.2, 0) is 25.6 Å². The van der Waals surface area contributed by atoms with E-state index in [1.165, 1.54) is 33.4 Å². The number of aliphatic hydroxyl groups excluding tert-OH is 1. The molecule has 1 aliphatic carbocycles. The van der Waals surface area contributed by atoms with Gasteiger partial charge >= 0.3 is 11.9 Å². The largest absolute Gasteiger partial charge is 0.497 e. The SMILES string of the molecule is COc1ccc([C@@]23Oc4c(ccc5c4C(=O)OC5=O)[C@]2(O)[C@H](O)[C@H](C(=O)N(C)OC)[C@H]3c2ccccc2)cc1. The summed E-state index contributed by atoms with van der Waals surface area (Å²) in [6.45, 7) is 0. The van der Waals surface area contributed by atoms with Crippen LogP contribution in [-0.4, -0.2) is 60.5 Å². The van der Waals surface area contributed by atoms with Crippen molar-refractivity contribution in [2.24, 2.45) is 5.92 Å². The van der Waals surface area contributed by atoms with Gasteiger partial charge in [-0.25, -0.2) is 14.7 Å². The Morgan fingerprint density at radius 1 is 0.974 bits per heavy atom. The molecule has 3 aromatic carbocycles. The van der Waals surface area contributed by atoms with Crippen molar-refractivity contribution in [2.75, 3.05) is 21.3 Å². The number of hydrogen-bond acceptors (Lipinski definition) is 9. The average Bonchev–Trinajstić information content (AvgIpc) is 3.48. The maximum absolute atomic E-state index is 13.7. The molecule has 2 N–H and O–H groups in total. The Bertz CT molecular complexity index is 1510. The molecule has 1 saturated carbocycles. The summed E-state index contributed by atoms with van der Waals surface area (Å²) < 4.78 is 16.8. The summed E-state index contributed by atoms with van der Waals surface area (Å²) in [4.78, 5) is 44.0. The number of amides is 1. The average molecular weight is 532 g/mol. The summed E-state index contributed by atoms with van der Waals surface area (Å²) in [7, 11) is 4.25. The predicted molar refractivity (Wildman–Crippen MR) is 134 cm³/mol. The fourth-order valence-corrected chi connectivity index (χ4v) is 6.34. The maximum atomic E-state index is 13.7. The van der Waals surface area contributed by atoms with Gasteiger partial charge in [-0.15, -0.1) is 0 Å². The van der Waals surface area contributed by atoms with E-state index in [0.717, 1.165) is 5.06 Å². The van der Waals surface area contributed by atoms with Crippen LogP contribution in [0.2, 0.25) is 0 Å². The zero-order valence-corrected chi connectivity index (χ0v) is 21.3. The lowest BCUT2D eigenvalue weighted by atomic mass is 9.70. The second-order valence-electron chi connectivity index (χ2n) is 9.75. The topological polar surface area (TPSA) is 132 Å². The molecule has 3 aromatic rings. The molecule has 5 atom stereocenters. The fraction of sp³-hybridized carbons (Fsp3) is 0.276. The van der Waals surface area contributed by atoms with Crippen LogP contribution in [0.1, 0.15) is 43.3 Å². The molecule has 3 aliphatic rings. The number of esters is 2. The van der Waals surface area contributed by atoms with Crippen LogP contribution in [0.25, 0.3) is 0 Å². The fourth-order valence-electron chi connectivity index (χ4n) is 6.34. The minimum Gasteiger partial charge on any atom is -0.497 e. The van der Waals surface area contributed by atoms with Crippen LogP contribution in [0, 0.1) is 5.92 Å². The smallest absolute Gasteiger partial charge is 0.350 e. The summed E-state index contributed by atoms with van der Waals surface area (Å²) in [5, 5.41) is 25.7. The van der Waals surface area contributed by atoms with Gasteiger partial charge in [-0.2, -0.15) is 0 Å². The van der Waals surface area contributed by atoms with E-state index in [0.29, 0.717) is 16.9 Å². The molecule has 39 heavy (non-hydrogen) atoms. The molecule has 2 aliphatic heterocycles. The summed E-state index contributed by atoms with van der Waals surface area (Å²) in [5.41, 5.74) is -3.14. The van der Waals surface area contributed by atoms with Crippen LogP contribution in [0.3, 0.4) is 0 Å². The minimum absolute atomic E-state index is 0.00954. The van der Waals surface area contributed by atoms with Crippen molar-refractivity contribution >= 4 is 17.8 Å². The van der Waals surface area contributed by atoms with Crippen LogP contribution in [0.5, 0.6) is 11.5 Å². The Hall–Kier alpha value is -4.25. The van der Waals surface area contributed by atoms with Gasteiger partial charge in [0.25, 0.3) is 5.91 Å². The third kappa shape index (κ3) is 3.10. The molecule has 2 heterocycles. The summed E-state index contributed by atoms with van der Waals surface area (Å²) in [6.07, 6.45) is -1.72. The summed E-state index contributed by atoms with van der Waals surface area (Å²) in [5.74, 6) is -4.10. The van der Waals surface area contributed by atoms with Gasteiger partial charge in [0.1, 0.15) is 23.2 Å². The number of hydrogen-bond donors (Lipinski definition) is 2. The number of carbonyl (C=O) groups is 3. The second kappa shape index (κ2) is 8.63.